The minimum Gasteiger partial charge on any atom is -0.478 e. The summed E-state index contributed by atoms with van der Waals surface area (Å²) in [7, 11) is 1.13. The van der Waals surface area contributed by atoms with Gasteiger partial charge in [0.15, 0.2) is 24.6 Å². The molecular weight excluding hydrogens is 756 g/mol. The molecule has 8 unspecified atom stereocenters. The van der Waals surface area contributed by atoms with Crippen molar-refractivity contribution in [3.63, 3.8) is 0 Å². The summed E-state index contributed by atoms with van der Waals surface area (Å²) in [6.07, 6.45) is -2.83. The fourth-order valence-electron chi connectivity index (χ4n) is 6.16. The molecule has 4 aliphatic heterocycles. The molecule has 19 nitrogen and oxygen atoms in total. The normalized spacial score (nSPS) is 26.3. The van der Waals surface area contributed by atoms with E-state index < -0.39 is 97.5 Å². The Kier molecular flexibility index (Phi) is 13.7. The van der Waals surface area contributed by atoms with Crippen molar-refractivity contribution in [3.05, 3.63) is 83.2 Å². The number of carbonyl (C=O) groups is 7. The Bertz CT molecular complexity index is 1930. The molecule has 0 bridgehead atoms. The van der Waals surface area contributed by atoms with Crippen LogP contribution >= 0.6 is 0 Å². The number of ether oxygens (including phenoxy) is 9. The molecule has 1 amide bonds. The van der Waals surface area contributed by atoms with Crippen molar-refractivity contribution in [3.8, 4) is 5.75 Å². The lowest BCUT2D eigenvalue weighted by atomic mass is 10.00. The Balaban J connectivity index is 1.31. The monoisotopic (exact) mass is 796 g/mol. The second-order valence-corrected chi connectivity index (χ2v) is 12.9. The maximum atomic E-state index is 13.1. The Morgan fingerprint density at radius 3 is 2.07 bits per heavy atom. The predicted molar refractivity (Wildman–Crippen MR) is 188 cm³/mol. The largest absolute Gasteiger partial charge is 0.478 e. The Labute approximate surface area is 325 Å². The van der Waals surface area contributed by atoms with E-state index >= 15 is 0 Å². The highest BCUT2D eigenvalue weighted by Gasteiger charge is 2.49. The van der Waals surface area contributed by atoms with E-state index in [0.29, 0.717) is 11.4 Å². The van der Waals surface area contributed by atoms with Crippen LogP contribution in [-0.2, 0) is 66.7 Å². The van der Waals surface area contributed by atoms with Gasteiger partial charge in [0.25, 0.3) is 5.91 Å². The molecule has 304 valence electrons. The van der Waals surface area contributed by atoms with Crippen LogP contribution in [0.3, 0.4) is 0 Å². The first kappa shape index (κ1) is 41.9. The van der Waals surface area contributed by atoms with Crippen LogP contribution in [0.25, 0.3) is 0 Å². The summed E-state index contributed by atoms with van der Waals surface area (Å²) in [5.41, 5.74) is 4.09. The highest BCUT2D eigenvalue weighted by atomic mass is 16.7. The van der Waals surface area contributed by atoms with Crippen LogP contribution < -0.4 is 10.1 Å². The lowest BCUT2D eigenvalue weighted by molar-refractivity contribution is -0.295. The summed E-state index contributed by atoms with van der Waals surface area (Å²) in [5.74, 6) is -5.13. The number of amides is 1. The van der Waals surface area contributed by atoms with Gasteiger partial charge >= 0.3 is 35.8 Å². The number of hydrogen-bond donors (Lipinski definition) is 2. The number of fused-ring (bicyclic) bond motifs is 1. The third-order valence-electron chi connectivity index (χ3n) is 8.51. The second kappa shape index (κ2) is 18.6. The van der Waals surface area contributed by atoms with Gasteiger partial charge in [0, 0.05) is 52.1 Å². The number of aliphatic carboxylic acids is 1. The van der Waals surface area contributed by atoms with Gasteiger partial charge in [-0.05, 0) is 42.5 Å². The van der Waals surface area contributed by atoms with Gasteiger partial charge in [-0.15, -0.1) is 0 Å². The quantitative estimate of drug-likeness (QED) is 0.164. The van der Waals surface area contributed by atoms with Crippen LogP contribution in [0.2, 0.25) is 0 Å². The number of rotatable bonds is 13. The zero-order valence-corrected chi connectivity index (χ0v) is 31.4. The van der Waals surface area contributed by atoms with Gasteiger partial charge in [-0.2, -0.15) is 0 Å². The Morgan fingerprint density at radius 2 is 1.46 bits per heavy atom. The number of carbonyl (C=O) groups excluding carboxylic acids is 6. The summed E-state index contributed by atoms with van der Waals surface area (Å²) >= 11 is 0. The number of esters is 5. The predicted octanol–water partition coefficient (Wildman–Crippen LogP) is 1.68. The van der Waals surface area contributed by atoms with Gasteiger partial charge in [0.2, 0.25) is 6.29 Å². The molecule has 1 aromatic rings. The topological polar surface area (TPSA) is 238 Å². The van der Waals surface area contributed by atoms with Crippen LogP contribution in [0, 0.1) is 0 Å². The van der Waals surface area contributed by atoms with E-state index in [1.165, 1.54) is 41.4 Å². The summed E-state index contributed by atoms with van der Waals surface area (Å²) in [6.45, 7) is 4.06. The fraction of sp³-hybridized carbons (Fsp3) is 0.421. The molecular formula is C38H40N2O17. The van der Waals surface area contributed by atoms with Gasteiger partial charge in [0.1, 0.15) is 24.1 Å². The maximum Gasteiger partial charge on any atom is 0.337 e. The van der Waals surface area contributed by atoms with Crippen molar-refractivity contribution in [1.29, 1.82) is 0 Å². The van der Waals surface area contributed by atoms with Crippen LogP contribution in [0.15, 0.2) is 77.6 Å². The first-order valence-corrected chi connectivity index (χ1v) is 17.5. The number of allylic oxidation sites excluding steroid dienone is 1. The smallest absolute Gasteiger partial charge is 0.337 e. The summed E-state index contributed by atoms with van der Waals surface area (Å²) in [5, 5.41) is 12.0. The molecule has 4 aliphatic rings. The molecule has 5 rings (SSSR count). The zero-order chi connectivity index (χ0) is 41.4. The van der Waals surface area contributed by atoms with E-state index in [1.54, 1.807) is 18.4 Å². The third-order valence-corrected chi connectivity index (χ3v) is 8.51. The minimum atomic E-state index is -1.53. The SMILES string of the molecule is COC(=O)C1CC(OC(C)=O)C(OC(C)=O)C(OCC2OC(Oc3ccc(C(=O)NC4=CN5C=C(C(=O)O)C=C=C5C=C4)cc3)CC(OC(C)=O)C2OC(C)=O)O1. The number of nitrogens with zero attached hydrogens (tertiary/aromatic N) is 1. The average Bonchev–Trinajstić information content (AvgIpc) is 3.14. The number of benzene rings is 1. The number of nitrogens with one attached hydrogen (secondary N) is 1. The van der Waals surface area contributed by atoms with Crippen molar-refractivity contribution >= 4 is 41.7 Å². The van der Waals surface area contributed by atoms with Crippen LogP contribution in [0.5, 0.6) is 5.75 Å². The van der Waals surface area contributed by atoms with Gasteiger partial charge < -0.3 is 58.0 Å². The molecule has 19 heteroatoms. The Morgan fingerprint density at radius 1 is 0.825 bits per heavy atom. The average molecular weight is 797 g/mol. The number of carboxylic acids is 1. The summed E-state index contributed by atoms with van der Waals surface area (Å²) in [6, 6.07) is 5.95. The van der Waals surface area contributed by atoms with E-state index in [9.17, 15) is 38.7 Å². The highest BCUT2D eigenvalue weighted by Crippen LogP contribution is 2.32. The van der Waals surface area contributed by atoms with E-state index in [2.05, 4.69) is 11.0 Å². The van der Waals surface area contributed by atoms with E-state index in [4.69, 9.17) is 42.6 Å². The molecule has 4 heterocycles. The highest BCUT2D eigenvalue weighted by molar-refractivity contribution is 5.95. The van der Waals surface area contributed by atoms with Gasteiger partial charge in [-0.3, -0.25) is 24.0 Å². The number of methoxy groups -OCH3 is 1. The lowest BCUT2D eigenvalue weighted by Crippen LogP contribution is -2.57. The standard InChI is InChI=1S/C38H40N2O17/c1-19(41)51-28-14-30(37(48)49-5)57-38(34(28)54-22(4)44)50-18-31-33(53-21(3)43)29(52-20(2)42)15-32(56-31)55-27-12-7-23(8-13-27)35(45)39-25-9-11-26-10-6-24(36(46)47)16-40(26)17-25/h6-9,11-13,16-17,28-34,38H,14-15,18H2,1-5H3,(H,39,45)(H,46,47). The molecule has 2 fully saturated rings. The van der Waals surface area contributed by atoms with Crippen molar-refractivity contribution in [2.24, 2.45) is 0 Å². The lowest BCUT2D eigenvalue weighted by Gasteiger charge is -2.42. The van der Waals surface area contributed by atoms with E-state index in [0.717, 1.165) is 34.8 Å². The Hall–Kier alpha value is -6.27. The van der Waals surface area contributed by atoms with Crippen molar-refractivity contribution in [2.45, 2.75) is 89.7 Å². The number of hydrogen-bond acceptors (Lipinski definition) is 17. The van der Waals surface area contributed by atoms with E-state index in [1.807, 2.05) is 0 Å². The molecule has 0 saturated carbocycles. The first-order chi connectivity index (χ1) is 27.1. The van der Waals surface area contributed by atoms with Crippen LogP contribution in [0.1, 0.15) is 50.9 Å². The van der Waals surface area contributed by atoms with Crippen LogP contribution in [-0.4, -0.2) is 115 Å². The van der Waals surface area contributed by atoms with Gasteiger partial charge in [-0.1, -0.05) is 5.73 Å². The molecule has 0 radical (unpaired) electrons. The van der Waals surface area contributed by atoms with Crippen LogP contribution in [0.4, 0.5) is 0 Å². The van der Waals surface area contributed by atoms with E-state index in [-0.39, 0.29) is 29.7 Å². The minimum absolute atomic E-state index is 0.0164. The molecule has 0 aliphatic carbocycles. The first-order valence-electron chi connectivity index (χ1n) is 17.5. The fourth-order valence-corrected chi connectivity index (χ4v) is 6.16. The van der Waals surface area contributed by atoms with Crippen molar-refractivity contribution in [1.82, 2.24) is 10.2 Å². The molecule has 57 heavy (non-hydrogen) atoms. The van der Waals surface area contributed by atoms with Gasteiger partial charge in [0.05, 0.1) is 37.1 Å². The molecule has 8 atom stereocenters. The number of carboxylic acid groups (broad SMARTS) is 1. The maximum absolute atomic E-state index is 13.1. The molecule has 2 N–H and O–H groups in total. The molecule has 0 spiro atoms. The molecule has 1 aromatic carbocycles. The molecule has 2 saturated heterocycles. The van der Waals surface area contributed by atoms with Crippen molar-refractivity contribution < 1.29 is 81.3 Å². The molecule has 0 aromatic heterocycles. The van der Waals surface area contributed by atoms with Crippen molar-refractivity contribution in [2.75, 3.05) is 13.7 Å². The second-order valence-electron chi connectivity index (χ2n) is 12.9. The summed E-state index contributed by atoms with van der Waals surface area (Å²) in [4.78, 5) is 86.8. The summed E-state index contributed by atoms with van der Waals surface area (Å²) < 4.78 is 50.5. The zero-order valence-electron chi connectivity index (χ0n) is 31.4. The third kappa shape index (κ3) is 11.2. The van der Waals surface area contributed by atoms with Gasteiger partial charge in [-0.25, -0.2) is 9.59 Å².